The number of para-hydroxylation sites is 1. The largest absolute Gasteiger partial charge is 0.356 e. The van der Waals surface area contributed by atoms with Gasteiger partial charge in [-0.1, -0.05) is 25.1 Å². The van der Waals surface area contributed by atoms with Crippen LogP contribution >= 0.6 is 0 Å². The van der Waals surface area contributed by atoms with E-state index in [0.29, 0.717) is 6.04 Å². The van der Waals surface area contributed by atoms with E-state index in [9.17, 15) is 0 Å². The first-order valence-electron chi connectivity index (χ1n) is 8.67. The third-order valence-electron chi connectivity index (χ3n) is 5.16. The van der Waals surface area contributed by atoms with E-state index in [1.54, 1.807) is 0 Å². The van der Waals surface area contributed by atoms with Gasteiger partial charge in [-0.25, -0.2) is 4.98 Å². The van der Waals surface area contributed by atoms with E-state index in [0.717, 1.165) is 37.2 Å². The standard InChI is InChI=1S/C19H24N4/c1-14-8-11-22(12-9-14)18-7-10-20-19(21-18)23-15(2)13-16-5-3-4-6-17(16)23/h3-7,10,14-15H,8-9,11-13H2,1-2H3. The minimum atomic E-state index is 0.407. The molecule has 23 heavy (non-hydrogen) atoms. The highest BCUT2D eigenvalue weighted by atomic mass is 15.3. The Morgan fingerprint density at radius 2 is 1.83 bits per heavy atom. The van der Waals surface area contributed by atoms with Gasteiger partial charge in [-0.05, 0) is 49.8 Å². The van der Waals surface area contributed by atoms with Gasteiger partial charge in [0.1, 0.15) is 5.82 Å². The van der Waals surface area contributed by atoms with Crippen molar-refractivity contribution in [1.29, 1.82) is 0 Å². The van der Waals surface area contributed by atoms with Gasteiger partial charge in [0.2, 0.25) is 5.95 Å². The van der Waals surface area contributed by atoms with E-state index in [2.05, 4.69) is 52.9 Å². The molecular formula is C19H24N4. The van der Waals surface area contributed by atoms with Gasteiger partial charge in [0.15, 0.2) is 0 Å². The molecule has 1 aromatic carbocycles. The van der Waals surface area contributed by atoms with Crippen molar-refractivity contribution in [2.45, 2.75) is 39.2 Å². The van der Waals surface area contributed by atoms with Crippen LogP contribution in [-0.4, -0.2) is 29.1 Å². The zero-order valence-corrected chi connectivity index (χ0v) is 13.9. The Kier molecular flexibility index (Phi) is 3.68. The van der Waals surface area contributed by atoms with Crippen LogP contribution in [-0.2, 0) is 6.42 Å². The highest BCUT2D eigenvalue weighted by Crippen LogP contribution is 2.36. The first kappa shape index (κ1) is 14.5. The highest BCUT2D eigenvalue weighted by Gasteiger charge is 2.29. The first-order valence-corrected chi connectivity index (χ1v) is 8.67. The molecule has 0 amide bonds. The number of hydrogen-bond acceptors (Lipinski definition) is 4. The van der Waals surface area contributed by atoms with Crippen LogP contribution in [0.3, 0.4) is 0 Å². The lowest BCUT2D eigenvalue weighted by molar-refractivity contribution is 0.436. The molecule has 2 aliphatic rings. The third kappa shape index (κ3) is 2.67. The molecule has 1 unspecified atom stereocenters. The van der Waals surface area contributed by atoms with Crippen LogP contribution in [0.25, 0.3) is 0 Å². The molecule has 1 fully saturated rings. The fraction of sp³-hybridized carbons (Fsp3) is 0.474. The number of hydrogen-bond donors (Lipinski definition) is 0. The van der Waals surface area contributed by atoms with Crippen molar-refractivity contribution in [2.24, 2.45) is 5.92 Å². The van der Waals surface area contributed by atoms with E-state index in [-0.39, 0.29) is 0 Å². The summed E-state index contributed by atoms with van der Waals surface area (Å²) in [7, 11) is 0. The van der Waals surface area contributed by atoms with Crippen LogP contribution in [0, 0.1) is 5.92 Å². The number of piperidine rings is 1. The van der Waals surface area contributed by atoms with Gasteiger partial charge in [-0.3, -0.25) is 0 Å². The molecule has 4 nitrogen and oxygen atoms in total. The minimum Gasteiger partial charge on any atom is -0.356 e. The van der Waals surface area contributed by atoms with Gasteiger partial charge in [0, 0.05) is 31.0 Å². The Morgan fingerprint density at radius 1 is 1.04 bits per heavy atom. The van der Waals surface area contributed by atoms with Crippen LogP contribution in [0.2, 0.25) is 0 Å². The van der Waals surface area contributed by atoms with Crippen LogP contribution in [0.4, 0.5) is 17.5 Å². The number of benzene rings is 1. The summed E-state index contributed by atoms with van der Waals surface area (Å²) < 4.78 is 0. The molecule has 0 radical (unpaired) electrons. The third-order valence-corrected chi connectivity index (χ3v) is 5.16. The highest BCUT2D eigenvalue weighted by molar-refractivity contribution is 5.67. The number of anilines is 3. The Morgan fingerprint density at radius 3 is 2.65 bits per heavy atom. The van der Waals surface area contributed by atoms with Crippen LogP contribution < -0.4 is 9.80 Å². The van der Waals surface area contributed by atoms with Gasteiger partial charge in [-0.2, -0.15) is 4.98 Å². The summed E-state index contributed by atoms with van der Waals surface area (Å²) in [5.74, 6) is 2.73. The lowest BCUT2D eigenvalue weighted by atomic mass is 9.99. The van der Waals surface area contributed by atoms with Crippen molar-refractivity contribution < 1.29 is 0 Å². The van der Waals surface area contributed by atoms with Gasteiger partial charge < -0.3 is 9.80 Å². The lowest BCUT2D eigenvalue weighted by Gasteiger charge is -2.32. The quantitative estimate of drug-likeness (QED) is 0.845. The first-order chi connectivity index (χ1) is 11.2. The van der Waals surface area contributed by atoms with Crippen LogP contribution in [0.1, 0.15) is 32.3 Å². The average Bonchev–Trinajstić information content (AvgIpc) is 2.91. The predicted molar refractivity (Wildman–Crippen MR) is 94.4 cm³/mol. The molecule has 1 saturated heterocycles. The van der Waals surface area contributed by atoms with E-state index < -0.39 is 0 Å². The zero-order chi connectivity index (χ0) is 15.8. The number of aromatic nitrogens is 2. The average molecular weight is 308 g/mol. The number of fused-ring (bicyclic) bond motifs is 1. The van der Waals surface area contributed by atoms with Crippen molar-refractivity contribution in [3.8, 4) is 0 Å². The monoisotopic (exact) mass is 308 g/mol. The summed E-state index contributed by atoms with van der Waals surface area (Å²) in [6, 6.07) is 11.1. The molecule has 0 bridgehead atoms. The fourth-order valence-corrected chi connectivity index (χ4v) is 3.74. The zero-order valence-electron chi connectivity index (χ0n) is 13.9. The molecule has 0 spiro atoms. The maximum atomic E-state index is 4.89. The summed E-state index contributed by atoms with van der Waals surface area (Å²) >= 11 is 0. The van der Waals surface area contributed by atoms with E-state index >= 15 is 0 Å². The molecule has 3 heterocycles. The number of nitrogens with zero attached hydrogens (tertiary/aromatic N) is 4. The summed E-state index contributed by atoms with van der Waals surface area (Å²) in [4.78, 5) is 14.1. The summed E-state index contributed by atoms with van der Waals surface area (Å²) in [5.41, 5.74) is 2.64. The van der Waals surface area contributed by atoms with E-state index in [1.807, 2.05) is 12.3 Å². The van der Waals surface area contributed by atoms with Crippen LogP contribution in [0.15, 0.2) is 36.5 Å². The lowest BCUT2D eigenvalue weighted by Crippen LogP contribution is -2.34. The van der Waals surface area contributed by atoms with Crippen molar-refractivity contribution >= 4 is 17.5 Å². The molecule has 2 aromatic rings. The molecule has 4 rings (SSSR count). The molecule has 0 aliphatic carbocycles. The van der Waals surface area contributed by atoms with Gasteiger partial charge in [0.25, 0.3) is 0 Å². The summed E-state index contributed by atoms with van der Waals surface area (Å²) in [6.45, 7) is 6.79. The minimum absolute atomic E-state index is 0.407. The summed E-state index contributed by atoms with van der Waals surface area (Å²) in [6.07, 6.45) is 5.47. The Labute approximate surface area is 138 Å². The predicted octanol–water partition coefficient (Wildman–Crippen LogP) is 3.80. The van der Waals surface area contributed by atoms with Crippen molar-refractivity contribution in [1.82, 2.24) is 9.97 Å². The second-order valence-corrected chi connectivity index (χ2v) is 6.94. The van der Waals surface area contributed by atoms with Crippen LogP contribution in [0.5, 0.6) is 0 Å². The molecule has 2 aliphatic heterocycles. The molecule has 0 N–H and O–H groups in total. The van der Waals surface area contributed by atoms with Crippen molar-refractivity contribution in [3.05, 3.63) is 42.1 Å². The topological polar surface area (TPSA) is 32.3 Å². The Balaban J connectivity index is 1.64. The molecule has 1 atom stereocenters. The van der Waals surface area contributed by atoms with E-state index in [4.69, 9.17) is 4.98 Å². The SMILES string of the molecule is CC1CCN(c2ccnc(N3c4ccccc4CC3C)n2)CC1. The maximum absolute atomic E-state index is 4.89. The van der Waals surface area contributed by atoms with Gasteiger partial charge >= 0.3 is 0 Å². The van der Waals surface area contributed by atoms with Crippen molar-refractivity contribution in [2.75, 3.05) is 22.9 Å². The maximum Gasteiger partial charge on any atom is 0.232 e. The molecule has 1 aromatic heterocycles. The van der Waals surface area contributed by atoms with Gasteiger partial charge in [-0.15, -0.1) is 0 Å². The summed E-state index contributed by atoms with van der Waals surface area (Å²) in [5, 5.41) is 0. The molecule has 4 heteroatoms. The fourth-order valence-electron chi connectivity index (χ4n) is 3.74. The molecule has 0 saturated carbocycles. The Bertz CT molecular complexity index is 691. The smallest absolute Gasteiger partial charge is 0.232 e. The number of rotatable bonds is 2. The Hall–Kier alpha value is -2.10. The normalized spacial score (nSPS) is 21.6. The molecular weight excluding hydrogens is 284 g/mol. The van der Waals surface area contributed by atoms with Gasteiger partial charge in [0.05, 0.1) is 0 Å². The van der Waals surface area contributed by atoms with Crippen molar-refractivity contribution in [3.63, 3.8) is 0 Å². The van der Waals surface area contributed by atoms with E-state index in [1.165, 1.54) is 24.1 Å². The second-order valence-electron chi connectivity index (χ2n) is 6.94. The second kappa shape index (κ2) is 5.84. The molecule has 120 valence electrons.